The highest BCUT2D eigenvalue weighted by molar-refractivity contribution is 5.53. The molecule has 0 spiro atoms. The van der Waals surface area contributed by atoms with Crippen LogP contribution in [0.1, 0.15) is 12.8 Å². The largest absolute Gasteiger partial charge is 0.406 e. The van der Waals surface area contributed by atoms with Gasteiger partial charge in [0.25, 0.3) is 0 Å². The van der Waals surface area contributed by atoms with Gasteiger partial charge in [0.2, 0.25) is 5.89 Å². The fourth-order valence-corrected chi connectivity index (χ4v) is 1.37. The zero-order valence-electron chi connectivity index (χ0n) is 10.0. The summed E-state index contributed by atoms with van der Waals surface area (Å²) in [4.78, 5) is 0. The van der Waals surface area contributed by atoms with Gasteiger partial charge in [-0.05, 0) is 6.54 Å². The average Bonchev–Trinajstić information content (AvgIpc) is 2.80. The van der Waals surface area contributed by atoms with Crippen LogP contribution in [0.5, 0.6) is 0 Å². The van der Waals surface area contributed by atoms with Crippen LogP contribution in [-0.2, 0) is 6.54 Å². The molecule has 0 saturated heterocycles. The van der Waals surface area contributed by atoms with E-state index in [2.05, 4.69) is 20.8 Å². The minimum absolute atomic E-state index is 0.142. The molecule has 2 aromatic rings. The van der Waals surface area contributed by atoms with Crippen molar-refractivity contribution in [3.05, 3.63) is 35.5 Å². The Morgan fingerprint density at radius 2 is 2.00 bits per heavy atom. The molecule has 2 N–H and O–H groups in total. The maximum atomic E-state index is 13.4. The van der Waals surface area contributed by atoms with E-state index < -0.39 is 23.1 Å². The van der Waals surface area contributed by atoms with Gasteiger partial charge in [0.15, 0.2) is 11.6 Å². The lowest BCUT2D eigenvalue weighted by Gasteiger charge is -2.03. The highest BCUT2D eigenvalue weighted by atomic mass is 19.2. The van der Waals surface area contributed by atoms with Crippen LogP contribution < -0.4 is 10.6 Å². The van der Waals surface area contributed by atoms with Crippen molar-refractivity contribution in [2.75, 3.05) is 11.9 Å². The lowest BCUT2D eigenvalue weighted by Crippen LogP contribution is -2.11. The first kappa shape index (κ1) is 13.3. The number of nitrogens with one attached hydrogen (secondary N) is 2. The van der Waals surface area contributed by atoms with Gasteiger partial charge in [-0.25, -0.2) is 13.2 Å². The van der Waals surface area contributed by atoms with Crippen LogP contribution in [0.4, 0.5) is 24.9 Å². The average molecular weight is 272 g/mol. The minimum atomic E-state index is -1.30. The van der Waals surface area contributed by atoms with Gasteiger partial charge in [0.1, 0.15) is 5.82 Å². The Hall–Kier alpha value is -2.09. The van der Waals surface area contributed by atoms with E-state index in [-0.39, 0.29) is 11.9 Å². The summed E-state index contributed by atoms with van der Waals surface area (Å²) in [6.45, 7) is 2.97. The van der Waals surface area contributed by atoms with Gasteiger partial charge in [0.05, 0.1) is 12.2 Å². The molecule has 0 bridgehead atoms. The van der Waals surface area contributed by atoms with Crippen molar-refractivity contribution in [3.8, 4) is 0 Å². The van der Waals surface area contributed by atoms with Crippen LogP contribution in [0.2, 0.25) is 0 Å². The number of aromatic nitrogens is 2. The van der Waals surface area contributed by atoms with E-state index in [1.54, 1.807) is 0 Å². The molecule has 0 aliphatic carbocycles. The Kier molecular flexibility index (Phi) is 4.00. The molecule has 0 amide bonds. The topological polar surface area (TPSA) is 63.0 Å². The predicted molar refractivity (Wildman–Crippen MR) is 61.3 cm³/mol. The third-order valence-electron chi connectivity index (χ3n) is 2.23. The number of rotatable bonds is 5. The van der Waals surface area contributed by atoms with E-state index in [1.165, 1.54) is 0 Å². The maximum Gasteiger partial charge on any atom is 0.320 e. The summed E-state index contributed by atoms with van der Waals surface area (Å²) in [6.07, 6.45) is 0. The van der Waals surface area contributed by atoms with E-state index >= 15 is 0 Å². The molecular weight excluding hydrogens is 261 g/mol. The van der Waals surface area contributed by atoms with Gasteiger partial charge >= 0.3 is 6.01 Å². The monoisotopic (exact) mass is 272 g/mol. The highest BCUT2D eigenvalue weighted by Gasteiger charge is 2.13. The summed E-state index contributed by atoms with van der Waals surface area (Å²) in [6, 6.07) is 1.11. The van der Waals surface area contributed by atoms with Crippen LogP contribution in [0.15, 0.2) is 16.5 Å². The highest BCUT2D eigenvalue weighted by Crippen LogP contribution is 2.22. The molecule has 0 saturated carbocycles. The summed E-state index contributed by atoms with van der Waals surface area (Å²) in [7, 11) is 0. The normalized spacial score (nSPS) is 10.7. The van der Waals surface area contributed by atoms with Crippen LogP contribution in [0.25, 0.3) is 0 Å². The molecule has 0 aliphatic rings. The van der Waals surface area contributed by atoms with Crippen molar-refractivity contribution in [2.24, 2.45) is 0 Å². The zero-order valence-corrected chi connectivity index (χ0v) is 10.0. The van der Waals surface area contributed by atoms with E-state index in [0.717, 1.165) is 12.6 Å². The number of nitrogens with zero attached hydrogens (tertiary/aromatic N) is 2. The van der Waals surface area contributed by atoms with Crippen LogP contribution >= 0.6 is 0 Å². The number of halogens is 3. The Morgan fingerprint density at radius 3 is 2.74 bits per heavy atom. The summed E-state index contributed by atoms with van der Waals surface area (Å²) in [5, 5.41) is 12.5. The Bertz CT molecular complexity index is 573. The fraction of sp³-hybridized carbons (Fsp3) is 0.273. The molecule has 0 fully saturated rings. The Labute approximate surface area is 106 Å². The second-order valence-electron chi connectivity index (χ2n) is 3.66. The van der Waals surface area contributed by atoms with Crippen molar-refractivity contribution in [2.45, 2.75) is 13.5 Å². The molecule has 1 heterocycles. The third kappa shape index (κ3) is 3.22. The molecule has 2 rings (SSSR count). The van der Waals surface area contributed by atoms with Crippen LogP contribution in [0, 0.1) is 17.5 Å². The van der Waals surface area contributed by atoms with E-state index in [1.807, 2.05) is 6.92 Å². The van der Waals surface area contributed by atoms with E-state index in [9.17, 15) is 13.2 Å². The van der Waals surface area contributed by atoms with Crippen LogP contribution in [0.3, 0.4) is 0 Å². The summed E-state index contributed by atoms with van der Waals surface area (Å²) < 4.78 is 44.4. The Balaban J connectivity index is 2.15. The predicted octanol–water partition coefficient (Wildman–Crippen LogP) is 2.34. The van der Waals surface area contributed by atoms with E-state index in [4.69, 9.17) is 4.42 Å². The zero-order chi connectivity index (χ0) is 13.8. The molecule has 1 aromatic carbocycles. The van der Waals surface area contributed by atoms with Crippen molar-refractivity contribution >= 4 is 11.7 Å². The second kappa shape index (κ2) is 5.70. The quantitative estimate of drug-likeness (QED) is 0.818. The lowest BCUT2D eigenvalue weighted by atomic mass is 10.3. The summed E-state index contributed by atoms with van der Waals surface area (Å²) in [5.41, 5.74) is -0.406. The first-order valence-corrected chi connectivity index (χ1v) is 5.54. The SMILES string of the molecule is CCNCc1nnc(Nc2cc(F)cc(F)c2F)o1. The number of benzene rings is 1. The molecule has 0 radical (unpaired) electrons. The lowest BCUT2D eigenvalue weighted by molar-refractivity contribution is 0.480. The third-order valence-corrected chi connectivity index (χ3v) is 2.23. The second-order valence-corrected chi connectivity index (χ2v) is 3.66. The van der Waals surface area contributed by atoms with E-state index in [0.29, 0.717) is 12.6 Å². The molecule has 102 valence electrons. The molecule has 0 aliphatic heterocycles. The van der Waals surface area contributed by atoms with Crippen molar-refractivity contribution in [1.29, 1.82) is 0 Å². The van der Waals surface area contributed by atoms with Gasteiger partial charge in [-0.2, -0.15) is 0 Å². The number of hydrogen-bond acceptors (Lipinski definition) is 5. The van der Waals surface area contributed by atoms with Crippen molar-refractivity contribution in [3.63, 3.8) is 0 Å². The summed E-state index contributed by atoms with van der Waals surface area (Å²) >= 11 is 0. The number of hydrogen-bond donors (Lipinski definition) is 2. The maximum absolute atomic E-state index is 13.4. The molecular formula is C11H11F3N4O. The standard InChI is InChI=1S/C11H11F3N4O/c1-2-15-5-9-17-18-11(19-9)16-8-4-6(12)3-7(13)10(8)14/h3-4,15H,2,5H2,1H3,(H,16,18). The molecule has 5 nitrogen and oxygen atoms in total. The molecule has 19 heavy (non-hydrogen) atoms. The number of anilines is 2. The van der Waals surface area contributed by atoms with Gasteiger partial charge in [-0.1, -0.05) is 12.0 Å². The first-order valence-electron chi connectivity index (χ1n) is 5.54. The van der Waals surface area contributed by atoms with Gasteiger partial charge in [-0.3, -0.25) is 0 Å². The molecule has 1 aromatic heterocycles. The molecule has 8 heteroatoms. The van der Waals surface area contributed by atoms with Crippen LogP contribution in [-0.4, -0.2) is 16.7 Å². The minimum Gasteiger partial charge on any atom is -0.406 e. The fourth-order valence-electron chi connectivity index (χ4n) is 1.37. The summed E-state index contributed by atoms with van der Waals surface area (Å²) in [5.74, 6) is -3.14. The smallest absolute Gasteiger partial charge is 0.320 e. The van der Waals surface area contributed by atoms with Gasteiger partial charge in [-0.15, -0.1) is 5.10 Å². The Morgan fingerprint density at radius 1 is 1.21 bits per heavy atom. The molecule has 0 atom stereocenters. The first-order chi connectivity index (χ1) is 9.10. The van der Waals surface area contributed by atoms with Gasteiger partial charge in [0, 0.05) is 12.1 Å². The van der Waals surface area contributed by atoms with Gasteiger partial charge < -0.3 is 15.1 Å². The van der Waals surface area contributed by atoms with Crippen molar-refractivity contribution < 1.29 is 17.6 Å². The van der Waals surface area contributed by atoms with Crippen molar-refractivity contribution in [1.82, 2.24) is 15.5 Å². The molecule has 0 unspecified atom stereocenters.